The van der Waals surface area contributed by atoms with E-state index in [0.29, 0.717) is 0 Å². The van der Waals surface area contributed by atoms with Gasteiger partial charge in [0.2, 0.25) is 0 Å². The third kappa shape index (κ3) is 4.79. The Hall–Kier alpha value is -2.78. The van der Waals surface area contributed by atoms with E-state index in [1.165, 1.54) is 48.9 Å². The Bertz CT molecular complexity index is 1260. The Balaban J connectivity index is 1.88. The number of nitrogens with zero attached hydrogens (tertiary/aromatic N) is 2. The normalized spacial score (nSPS) is 11.7. The zero-order chi connectivity index (χ0) is 23.8. The molecule has 4 aromatic rings. The molecule has 0 amide bonds. The Morgan fingerprint density at radius 1 is 0.818 bits per heavy atom. The van der Waals surface area contributed by atoms with Gasteiger partial charge in [-0.15, -0.1) is 0 Å². The minimum Gasteiger partial charge on any atom is -0.299 e. The number of aryl methyl sites for hydroxylation is 4. The first-order valence-corrected chi connectivity index (χ1v) is 12.5. The molecule has 0 aliphatic heterocycles. The van der Waals surface area contributed by atoms with Crippen molar-refractivity contribution in [1.82, 2.24) is 9.55 Å². The van der Waals surface area contributed by atoms with Gasteiger partial charge in [0.05, 0.1) is 5.69 Å². The van der Waals surface area contributed by atoms with Gasteiger partial charge in [-0.2, -0.15) is 0 Å². The van der Waals surface area contributed by atoms with Crippen molar-refractivity contribution in [1.29, 1.82) is 0 Å². The average Bonchev–Trinajstić information content (AvgIpc) is 3.23. The fourth-order valence-corrected chi connectivity index (χ4v) is 5.39. The highest BCUT2D eigenvalue weighted by Gasteiger charge is 2.25. The third-order valence-electron chi connectivity index (χ3n) is 6.62. The maximum atomic E-state index is 4.89. The Morgan fingerprint density at radius 2 is 1.45 bits per heavy atom. The molecule has 0 aliphatic carbocycles. The van der Waals surface area contributed by atoms with Gasteiger partial charge in [0.1, 0.15) is 5.82 Å². The van der Waals surface area contributed by atoms with Crippen LogP contribution in [-0.4, -0.2) is 9.55 Å². The molecule has 0 aliphatic rings. The van der Waals surface area contributed by atoms with Gasteiger partial charge in [0, 0.05) is 27.7 Å². The van der Waals surface area contributed by atoms with Crippen molar-refractivity contribution in [3.05, 3.63) is 94.8 Å². The van der Waals surface area contributed by atoms with E-state index >= 15 is 0 Å². The first kappa shape index (κ1) is 23.4. The summed E-state index contributed by atoms with van der Waals surface area (Å²) in [5.41, 5.74) is 8.95. The summed E-state index contributed by atoms with van der Waals surface area (Å²) in [5, 5.41) is 0. The zero-order valence-corrected chi connectivity index (χ0v) is 21.7. The zero-order valence-electron chi connectivity index (χ0n) is 20.9. The van der Waals surface area contributed by atoms with E-state index in [2.05, 4.69) is 114 Å². The SMILES string of the molecule is CCC(C)(C)c1ccc(Sc2ccc(C)cc2)cc1-c1nccn1-c1c(C)cc(C)cc1C. The highest BCUT2D eigenvalue weighted by atomic mass is 32.2. The van der Waals surface area contributed by atoms with Crippen LogP contribution in [0.4, 0.5) is 0 Å². The summed E-state index contributed by atoms with van der Waals surface area (Å²) in [5.74, 6) is 1.01. The van der Waals surface area contributed by atoms with E-state index in [9.17, 15) is 0 Å². The average molecular weight is 455 g/mol. The molecule has 33 heavy (non-hydrogen) atoms. The van der Waals surface area contributed by atoms with Crippen molar-refractivity contribution in [3.8, 4) is 17.1 Å². The van der Waals surface area contributed by atoms with Crippen molar-refractivity contribution in [2.75, 3.05) is 0 Å². The summed E-state index contributed by atoms with van der Waals surface area (Å²) in [4.78, 5) is 7.37. The van der Waals surface area contributed by atoms with Crippen molar-refractivity contribution < 1.29 is 0 Å². The number of benzene rings is 3. The second-order valence-corrected chi connectivity index (χ2v) is 10.9. The van der Waals surface area contributed by atoms with Crippen molar-refractivity contribution in [2.45, 2.75) is 70.1 Å². The molecular formula is C30H34N2S. The van der Waals surface area contributed by atoms with Gasteiger partial charge in [0.15, 0.2) is 0 Å². The van der Waals surface area contributed by atoms with Crippen LogP contribution in [0.5, 0.6) is 0 Å². The third-order valence-corrected chi connectivity index (χ3v) is 7.62. The summed E-state index contributed by atoms with van der Waals surface area (Å²) in [6.07, 6.45) is 5.09. The fourth-order valence-electron chi connectivity index (χ4n) is 4.53. The molecule has 3 aromatic carbocycles. The van der Waals surface area contributed by atoms with Crippen molar-refractivity contribution >= 4 is 11.8 Å². The van der Waals surface area contributed by atoms with E-state index in [-0.39, 0.29) is 5.41 Å². The summed E-state index contributed by atoms with van der Waals surface area (Å²) < 4.78 is 2.27. The Morgan fingerprint density at radius 3 is 2.09 bits per heavy atom. The number of rotatable bonds is 6. The predicted octanol–water partition coefficient (Wildman–Crippen LogP) is 8.61. The number of imidazole rings is 1. The highest BCUT2D eigenvalue weighted by Crippen LogP contribution is 2.40. The molecule has 0 saturated heterocycles. The minimum atomic E-state index is 0.0521. The molecule has 0 saturated carbocycles. The van der Waals surface area contributed by atoms with Crippen LogP contribution in [0.1, 0.15) is 55.0 Å². The van der Waals surface area contributed by atoms with Gasteiger partial charge in [-0.3, -0.25) is 4.57 Å². The van der Waals surface area contributed by atoms with E-state index in [1.54, 1.807) is 0 Å². The van der Waals surface area contributed by atoms with Gasteiger partial charge in [-0.25, -0.2) is 4.98 Å². The van der Waals surface area contributed by atoms with Gasteiger partial charge >= 0.3 is 0 Å². The van der Waals surface area contributed by atoms with Gasteiger partial charge in [-0.1, -0.05) is 74.0 Å². The van der Waals surface area contributed by atoms with Crippen LogP contribution < -0.4 is 0 Å². The van der Waals surface area contributed by atoms with Gasteiger partial charge < -0.3 is 0 Å². The maximum Gasteiger partial charge on any atom is 0.144 e. The summed E-state index contributed by atoms with van der Waals surface area (Å²) >= 11 is 1.81. The molecule has 0 spiro atoms. The molecule has 1 aromatic heterocycles. The van der Waals surface area contributed by atoms with Crippen LogP contribution in [0.2, 0.25) is 0 Å². The molecule has 4 rings (SSSR count). The number of aromatic nitrogens is 2. The molecule has 0 N–H and O–H groups in total. The van der Waals surface area contributed by atoms with E-state index < -0.39 is 0 Å². The Kier molecular flexibility index (Phi) is 6.54. The van der Waals surface area contributed by atoms with Gasteiger partial charge in [-0.05, 0) is 80.5 Å². The lowest BCUT2D eigenvalue weighted by Crippen LogP contribution is -2.17. The first-order valence-electron chi connectivity index (χ1n) is 11.7. The molecule has 2 nitrogen and oxygen atoms in total. The predicted molar refractivity (Wildman–Crippen MR) is 142 cm³/mol. The lowest BCUT2D eigenvalue weighted by molar-refractivity contribution is 0.507. The minimum absolute atomic E-state index is 0.0521. The summed E-state index contributed by atoms with van der Waals surface area (Å²) in [7, 11) is 0. The summed E-state index contributed by atoms with van der Waals surface area (Å²) in [6.45, 7) is 15.6. The Labute approximate surface area is 203 Å². The molecule has 1 heterocycles. The van der Waals surface area contributed by atoms with Crippen LogP contribution in [0.15, 0.2) is 76.8 Å². The van der Waals surface area contributed by atoms with E-state index in [1.807, 2.05) is 18.0 Å². The van der Waals surface area contributed by atoms with Crippen molar-refractivity contribution in [2.24, 2.45) is 0 Å². The maximum absolute atomic E-state index is 4.89. The second-order valence-electron chi connectivity index (χ2n) is 9.73. The highest BCUT2D eigenvalue weighted by molar-refractivity contribution is 7.99. The first-order chi connectivity index (χ1) is 15.7. The van der Waals surface area contributed by atoms with Crippen LogP contribution >= 0.6 is 11.8 Å². The molecule has 0 radical (unpaired) electrons. The molecule has 170 valence electrons. The van der Waals surface area contributed by atoms with Crippen LogP contribution in [0, 0.1) is 27.7 Å². The molecular weight excluding hydrogens is 420 g/mol. The number of hydrogen-bond donors (Lipinski definition) is 0. The standard InChI is InChI=1S/C30H34N2S/c1-8-30(6,7)27-14-13-25(33-24-11-9-20(2)10-12-24)19-26(27)29-31-15-16-32(29)28-22(4)17-21(3)18-23(28)5/h9-19H,8H2,1-7H3. The van der Waals surface area contributed by atoms with E-state index in [4.69, 9.17) is 4.98 Å². The van der Waals surface area contributed by atoms with E-state index in [0.717, 1.165) is 12.2 Å². The van der Waals surface area contributed by atoms with Crippen LogP contribution in [0.25, 0.3) is 17.1 Å². The quantitative estimate of drug-likeness (QED) is 0.290. The molecule has 0 bridgehead atoms. The van der Waals surface area contributed by atoms with Gasteiger partial charge in [0.25, 0.3) is 0 Å². The van der Waals surface area contributed by atoms with Crippen LogP contribution in [-0.2, 0) is 5.41 Å². The molecule has 0 atom stereocenters. The topological polar surface area (TPSA) is 17.8 Å². The monoisotopic (exact) mass is 454 g/mol. The number of hydrogen-bond acceptors (Lipinski definition) is 2. The van der Waals surface area contributed by atoms with Crippen LogP contribution in [0.3, 0.4) is 0 Å². The fraction of sp³-hybridized carbons (Fsp3) is 0.300. The molecule has 0 fully saturated rings. The molecule has 0 unspecified atom stereocenters. The smallest absolute Gasteiger partial charge is 0.144 e. The summed E-state index contributed by atoms with van der Waals surface area (Å²) in [6, 6.07) is 20.2. The second kappa shape index (κ2) is 9.23. The largest absolute Gasteiger partial charge is 0.299 e. The lowest BCUT2D eigenvalue weighted by atomic mass is 9.79. The van der Waals surface area contributed by atoms with Crippen molar-refractivity contribution in [3.63, 3.8) is 0 Å². The lowest BCUT2D eigenvalue weighted by Gasteiger charge is -2.27. The molecule has 3 heteroatoms.